The van der Waals surface area contributed by atoms with Crippen molar-refractivity contribution in [1.82, 2.24) is 9.62 Å². The molecule has 0 aromatic heterocycles. The van der Waals surface area contributed by atoms with Crippen LogP contribution in [0.1, 0.15) is 24.0 Å². The van der Waals surface area contributed by atoms with Crippen LogP contribution < -0.4 is 10.1 Å². The highest BCUT2D eigenvalue weighted by Gasteiger charge is 2.27. The summed E-state index contributed by atoms with van der Waals surface area (Å²) in [4.78, 5) is 12.1. The third-order valence-corrected chi connectivity index (χ3v) is 6.77. The summed E-state index contributed by atoms with van der Waals surface area (Å²) in [6.07, 6.45) is 1.73. The molecule has 1 heterocycles. The van der Waals surface area contributed by atoms with Gasteiger partial charge in [-0.25, -0.2) is 8.42 Å². The number of sulfonamides is 1. The smallest absolute Gasteiger partial charge is 0.258 e. The monoisotopic (exact) mass is 422 g/mol. The zero-order valence-electron chi connectivity index (χ0n) is 15.7. The maximum absolute atomic E-state index is 12.6. The van der Waals surface area contributed by atoms with Gasteiger partial charge in [-0.15, -0.1) is 0 Å². The molecule has 6 nitrogen and oxygen atoms in total. The number of aryl methyl sites for hydroxylation is 1. The Labute approximate surface area is 170 Å². The van der Waals surface area contributed by atoms with Crippen LogP contribution in [-0.4, -0.2) is 38.3 Å². The van der Waals surface area contributed by atoms with E-state index in [0.717, 1.165) is 24.0 Å². The second-order valence-electron chi connectivity index (χ2n) is 6.75. The molecule has 0 spiro atoms. The number of rotatable bonds is 7. The van der Waals surface area contributed by atoms with Crippen LogP contribution in [0.3, 0.4) is 0 Å². The first kappa shape index (κ1) is 20.6. The Hall–Kier alpha value is -2.09. The lowest BCUT2D eigenvalue weighted by atomic mass is 10.1. The fourth-order valence-corrected chi connectivity index (χ4v) is 4.78. The van der Waals surface area contributed by atoms with Crippen LogP contribution in [0.5, 0.6) is 5.75 Å². The molecule has 0 aliphatic carbocycles. The number of nitrogens with zero attached hydrogens (tertiary/aromatic N) is 1. The van der Waals surface area contributed by atoms with Crippen LogP contribution in [0.25, 0.3) is 0 Å². The van der Waals surface area contributed by atoms with Gasteiger partial charge in [0.05, 0.1) is 9.92 Å². The highest BCUT2D eigenvalue weighted by Crippen LogP contribution is 2.29. The fraction of sp³-hybridized carbons (Fsp3) is 0.350. The van der Waals surface area contributed by atoms with E-state index in [1.165, 1.54) is 22.5 Å². The van der Waals surface area contributed by atoms with Gasteiger partial charge in [0, 0.05) is 19.6 Å². The minimum Gasteiger partial charge on any atom is -0.482 e. The SMILES string of the molecule is Cc1ccc(CNC(=O)COc2ccc(S(=O)(=O)N3CCCC3)cc2Cl)cc1. The molecule has 2 aromatic carbocycles. The molecule has 1 aliphatic rings. The lowest BCUT2D eigenvalue weighted by Crippen LogP contribution is -2.28. The molecule has 1 amide bonds. The first-order chi connectivity index (χ1) is 13.4. The van der Waals surface area contributed by atoms with Crippen LogP contribution >= 0.6 is 11.6 Å². The second kappa shape index (κ2) is 8.94. The van der Waals surface area contributed by atoms with E-state index in [-0.39, 0.29) is 28.2 Å². The van der Waals surface area contributed by atoms with Crippen molar-refractivity contribution in [2.75, 3.05) is 19.7 Å². The van der Waals surface area contributed by atoms with Crippen molar-refractivity contribution in [2.45, 2.75) is 31.2 Å². The number of nitrogens with one attached hydrogen (secondary N) is 1. The Morgan fingerprint density at radius 2 is 1.82 bits per heavy atom. The molecule has 0 radical (unpaired) electrons. The van der Waals surface area contributed by atoms with Gasteiger partial charge in [0.15, 0.2) is 6.61 Å². The van der Waals surface area contributed by atoms with Crippen molar-refractivity contribution in [3.63, 3.8) is 0 Å². The van der Waals surface area contributed by atoms with Crippen molar-refractivity contribution >= 4 is 27.5 Å². The Kier molecular flexibility index (Phi) is 6.59. The average molecular weight is 423 g/mol. The van der Waals surface area contributed by atoms with Gasteiger partial charge in [-0.3, -0.25) is 4.79 Å². The van der Waals surface area contributed by atoms with Gasteiger partial charge < -0.3 is 10.1 Å². The van der Waals surface area contributed by atoms with E-state index in [1.54, 1.807) is 0 Å². The molecule has 28 heavy (non-hydrogen) atoms. The minimum absolute atomic E-state index is 0.135. The normalized spacial score (nSPS) is 14.8. The summed E-state index contributed by atoms with van der Waals surface area (Å²) in [5.41, 5.74) is 2.15. The molecule has 1 fully saturated rings. The summed E-state index contributed by atoms with van der Waals surface area (Å²) in [6, 6.07) is 12.2. The summed E-state index contributed by atoms with van der Waals surface area (Å²) in [5.74, 6) is -0.0158. The van der Waals surface area contributed by atoms with Crippen molar-refractivity contribution in [3.8, 4) is 5.75 Å². The van der Waals surface area contributed by atoms with E-state index in [2.05, 4.69) is 5.32 Å². The maximum Gasteiger partial charge on any atom is 0.258 e. The number of amides is 1. The van der Waals surface area contributed by atoms with Crippen molar-refractivity contribution in [1.29, 1.82) is 0 Å². The van der Waals surface area contributed by atoms with Gasteiger partial charge in [0.2, 0.25) is 10.0 Å². The number of carbonyl (C=O) groups excluding carboxylic acids is 1. The highest BCUT2D eigenvalue weighted by atomic mass is 35.5. The van der Waals surface area contributed by atoms with Gasteiger partial charge in [-0.1, -0.05) is 41.4 Å². The Bertz CT molecular complexity index is 939. The van der Waals surface area contributed by atoms with E-state index in [1.807, 2.05) is 31.2 Å². The molecule has 0 unspecified atom stereocenters. The molecule has 2 aromatic rings. The molecule has 1 N–H and O–H groups in total. The molecular weight excluding hydrogens is 400 g/mol. The summed E-state index contributed by atoms with van der Waals surface area (Å²) >= 11 is 6.17. The number of benzene rings is 2. The lowest BCUT2D eigenvalue weighted by Gasteiger charge is -2.16. The number of halogens is 1. The van der Waals surface area contributed by atoms with Gasteiger partial charge in [0.25, 0.3) is 5.91 Å². The van der Waals surface area contributed by atoms with Crippen LogP contribution in [0.15, 0.2) is 47.4 Å². The Morgan fingerprint density at radius 3 is 2.46 bits per heavy atom. The zero-order chi connectivity index (χ0) is 20.1. The van der Waals surface area contributed by atoms with Crippen molar-refractivity contribution in [3.05, 3.63) is 58.6 Å². The molecule has 150 valence electrons. The van der Waals surface area contributed by atoms with E-state index < -0.39 is 10.0 Å². The van der Waals surface area contributed by atoms with E-state index in [4.69, 9.17) is 16.3 Å². The maximum atomic E-state index is 12.6. The van der Waals surface area contributed by atoms with Gasteiger partial charge in [-0.2, -0.15) is 4.31 Å². The summed E-state index contributed by atoms with van der Waals surface area (Å²) in [7, 11) is -3.54. The molecule has 1 aliphatic heterocycles. The van der Waals surface area contributed by atoms with E-state index in [9.17, 15) is 13.2 Å². The molecule has 0 saturated carbocycles. The lowest BCUT2D eigenvalue weighted by molar-refractivity contribution is -0.123. The third-order valence-electron chi connectivity index (χ3n) is 4.58. The van der Waals surface area contributed by atoms with E-state index >= 15 is 0 Å². The van der Waals surface area contributed by atoms with Crippen LogP contribution in [-0.2, 0) is 21.4 Å². The summed E-state index contributed by atoms with van der Waals surface area (Å²) in [6.45, 7) is 3.26. The third kappa shape index (κ3) is 5.04. The molecule has 8 heteroatoms. The molecule has 1 saturated heterocycles. The minimum atomic E-state index is -3.54. The molecular formula is C20H23ClN2O4S. The first-order valence-corrected chi connectivity index (χ1v) is 10.9. The number of carbonyl (C=O) groups is 1. The number of hydrogen-bond donors (Lipinski definition) is 1. The van der Waals surface area contributed by atoms with Crippen LogP contribution in [0, 0.1) is 6.92 Å². The van der Waals surface area contributed by atoms with Crippen molar-refractivity contribution < 1.29 is 17.9 Å². The molecule has 0 bridgehead atoms. The fourth-order valence-electron chi connectivity index (χ4n) is 2.94. The van der Waals surface area contributed by atoms with Crippen LogP contribution in [0.2, 0.25) is 5.02 Å². The predicted molar refractivity (Wildman–Crippen MR) is 108 cm³/mol. The topological polar surface area (TPSA) is 75.7 Å². The number of ether oxygens (including phenoxy) is 1. The molecule has 3 rings (SSSR count). The van der Waals surface area contributed by atoms with Gasteiger partial charge >= 0.3 is 0 Å². The largest absolute Gasteiger partial charge is 0.482 e. The standard InChI is InChI=1S/C20H23ClN2O4S/c1-15-4-6-16(7-5-15)13-22-20(24)14-27-19-9-8-17(12-18(19)21)28(25,26)23-10-2-3-11-23/h4-9,12H,2-3,10-11,13-14H2,1H3,(H,22,24). The number of hydrogen-bond acceptors (Lipinski definition) is 4. The van der Waals surface area contributed by atoms with Gasteiger partial charge in [-0.05, 0) is 43.5 Å². The van der Waals surface area contributed by atoms with Crippen molar-refractivity contribution in [2.24, 2.45) is 0 Å². The second-order valence-corrected chi connectivity index (χ2v) is 9.10. The molecule has 0 atom stereocenters. The average Bonchev–Trinajstić information content (AvgIpc) is 3.22. The quantitative estimate of drug-likeness (QED) is 0.743. The van der Waals surface area contributed by atoms with Crippen LogP contribution in [0.4, 0.5) is 0 Å². The zero-order valence-corrected chi connectivity index (χ0v) is 17.2. The first-order valence-electron chi connectivity index (χ1n) is 9.11. The summed E-state index contributed by atoms with van der Waals surface area (Å²) < 4.78 is 32.0. The highest BCUT2D eigenvalue weighted by molar-refractivity contribution is 7.89. The van der Waals surface area contributed by atoms with E-state index in [0.29, 0.717) is 19.6 Å². The Morgan fingerprint density at radius 1 is 1.14 bits per heavy atom. The predicted octanol–water partition coefficient (Wildman–Crippen LogP) is 3.13. The summed E-state index contributed by atoms with van der Waals surface area (Å²) in [5, 5.41) is 2.93. The Balaban J connectivity index is 1.55. The van der Waals surface area contributed by atoms with Gasteiger partial charge in [0.1, 0.15) is 5.75 Å².